The summed E-state index contributed by atoms with van der Waals surface area (Å²) in [6, 6.07) is 18.8. The molecule has 2 rings (SSSR count). The van der Waals surface area contributed by atoms with Gasteiger partial charge in [0.2, 0.25) is 0 Å². The Kier molecular flexibility index (Phi) is 3.94. The Bertz CT molecular complexity index is 462. The van der Waals surface area contributed by atoms with Gasteiger partial charge in [0.15, 0.2) is 0 Å². The lowest BCUT2D eigenvalue weighted by molar-refractivity contribution is 0.0909. The van der Waals surface area contributed by atoms with Gasteiger partial charge in [-0.15, -0.1) is 0 Å². The Morgan fingerprint density at radius 3 is 2.24 bits per heavy atom. The van der Waals surface area contributed by atoms with Crippen LogP contribution in [0.4, 0.5) is 0 Å². The molecule has 17 heavy (non-hydrogen) atoms. The Morgan fingerprint density at radius 2 is 1.59 bits per heavy atom. The van der Waals surface area contributed by atoms with Gasteiger partial charge < -0.3 is 4.74 Å². The van der Waals surface area contributed by atoms with Gasteiger partial charge in [-0.2, -0.15) is 0 Å². The summed E-state index contributed by atoms with van der Waals surface area (Å²) in [5.41, 5.74) is 3.74. The molecular weight excluding hydrogens is 208 g/mol. The molecule has 2 aromatic rings. The summed E-state index contributed by atoms with van der Waals surface area (Å²) in [6.07, 6.45) is 0.0439. The van der Waals surface area contributed by atoms with E-state index in [1.54, 1.807) is 0 Å². The van der Waals surface area contributed by atoms with E-state index in [0.29, 0.717) is 6.61 Å². The maximum atomic E-state index is 5.89. The molecule has 0 heterocycles. The molecule has 1 heteroatoms. The van der Waals surface area contributed by atoms with Crippen LogP contribution in [0.15, 0.2) is 54.6 Å². The molecule has 0 saturated heterocycles. The third-order valence-corrected chi connectivity index (χ3v) is 2.91. The topological polar surface area (TPSA) is 9.23 Å². The summed E-state index contributed by atoms with van der Waals surface area (Å²) in [4.78, 5) is 0. The van der Waals surface area contributed by atoms with Crippen LogP contribution in [-0.4, -0.2) is 6.61 Å². The van der Waals surface area contributed by atoms with Gasteiger partial charge in [0.25, 0.3) is 0 Å². The minimum atomic E-state index is 0.0439. The van der Waals surface area contributed by atoms with E-state index in [4.69, 9.17) is 4.74 Å². The summed E-state index contributed by atoms with van der Waals surface area (Å²) in [6.45, 7) is 4.88. The number of hydrogen-bond acceptors (Lipinski definition) is 1. The number of ether oxygens (including phenoxy) is 1. The maximum absolute atomic E-state index is 5.89. The molecular formula is C16H18O. The first-order valence-corrected chi connectivity index (χ1v) is 6.05. The van der Waals surface area contributed by atoms with E-state index in [2.05, 4.69) is 55.5 Å². The Hall–Kier alpha value is -1.60. The Morgan fingerprint density at radius 1 is 0.941 bits per heavy atom. The fourth-order valence-corrected chi connectivity index (χ4v) is 2.04. The zero-order valence-corrected chi connectivity index (χ0v) is 10.4. The number of benzene rings is 2. The van der Waals surface area contributed by atoms with E-state index in [1.165, 1.54) is 16.7 Å². The smallest absolute Gasteiger partial charge is 0.108 e. The monoisotopic (exact) mass is 226 g/mol. The van der Waals surface area contributed by atoms with Gasteiger partial charge in [0.05, 0.1) is 0 Å². The molecule has 88 valence electrons. The fraction of sp³-hybridized carbons (Fsp3) is 0.250. The van der Waals surface area contributed by atoms with E-state index in [1.807, 2.05) is 13.0 Å². The highest BCUT2D eigenvalue weighted by Crippen LogP contribution is 2.27. The van der Waals surface area contributed by atoms with E-state index in [-0.39, 0.29) is 6.10 Å². The third-order valence-electron chi connectivity index (χ3n) is 2.91. The largest absolute Gasteiger partial charge is 0.369 e. The highest BCUT2D eigenvalue weighted by Gasteiger charge is 2.15. The van der Waals surface area contributed by atoms with Crippen molar-refractivity contribution in [2.75, 3.05) is 6.61 Å². The number of hydrogen-bond donors (Lipinski definition) is 0. The average molecular weight is 226 g/mol. The van der Waals surface area contributed by atoms with Gasteiger partial charge in [0, 0.05) is 6.61 Å². The van der Waals surface area contributed by atoms with Gasteiger partial charge in [-0.25, -0.2) is 0 Å². The first-order chi connectivity index (χ1) is 8.33. The van der Waals surface area contributed by atoms with Crippen molar-refractivity contribution in [3.05, 3.63) is 71.3 Å². The zero-order valence-electron chi connectivity index (χ0n) is 10.4. The van der Waals surface area contributed by atoms with Gasteiger partial charge in [-0.05, 0) is 30.5 Å². The van der Waals surface area contributed by atoms with Crippen molar-refractivity contribution in [2.45, 2.75) is 20.0 Å². The standard InChI is InChI=1S/C16H18O/c1-3-17-16(14-10-5-4-6-11-14)15-12-8-7-9-13(15)2/h4-12,16H,3H2,1-2H3. The number of rotatable bonds is 4. The highest BCUT2D eigenvalue weighted by molar-refractivity contribution is 5.35. The van der Waals surface area contributed by atoms with Crippen molar-refractivity contribution in [1.82, 2.24) is 0 Å². The van der Waals surface area contributed by atoms with Crippen molar-refractivity contribution in [3.8, 4) is 0 Å². The van der Waals surface area contributed by atoms with Crippen molar-refractivity contribution in [2.24, 2.45) is 0 Å². The second-order valence-corrected chi connectivity index (χ2v) is 4.10. The van der Waals surface area contributed by atoms with Gasteiger partial charge >= 0.3 is 0 Å². The van der Waals surface area contributed by atoms with Crippen LogP contribution in [-0.2, 0) is 4.74 Å². The van der Waals surface area contributed by atoms with Crippen LogP contribution >= 0.6 is 0 Å². The van der Waals surface area contributed by atoms with E-state index >= 15 is 0 Å². The van der Waals surface area contributed by atoms with Crippen LogP contribution in [0.1, 0.15) is 29.7 Å². The molecule has 0 amide bonds. The molecule has 1 unspecified atom stereocenters. The highest BCUT2D eigenvalue weighted by atomic mass is 16.5. The quantitative estimate of drug-likeness (QED) is 0.762. The Labute approximate surface area is 103 Å². The molecule has 0 aliphatic carbocycles. The molecule has 0 aromatic heterocycles. The van der Waals surface area contributed by atoms with Crippen LogP contribution in [0.25, 0.3) is 0 Å². The molecule has 0 radical (unpaired) electrons. The summed E-state index contributed by atoms with van der Waals surface area (Å²) in [7, 11) is 0. The second-order valence-electron chi connectivity index (χ2n) is 4.10. The summed E-state index contributed by atoms with van der Waals surface area (Å²) >= 11 is 0. The molecule has 0 aliphatic rings. The van der Waals surface area contributed by atoms with Gasteiger partial charge in [0.1, 0.15) is 6.10 Å². The summed E-state index contributed by atoms with van der Waals surface area (Å²) < 4.78 is 5.89. The predicted octanol–water partition coefficient (Wildman–Crippen LogP) is 4.12. The minimum Gasteiger partial charge on any atom is -0.369 e. The lowest BCUT2D eigenvalue weighted by atomic mass is 9.97. The molecule has 1 atom stereocenters. The van der Waals surface area contributed by atoms with E-state index in [9.17, 15) is 0 Å². The van der Waals surface area contributed by atoms with E-state index in [0.717, 1.165) is 0 Å². The molecule has 0 aliphatic heterocycles. The van der Waals surface area contributed by atoms with E-state index < -0.39 is 0 Å². The van der Waals surface area contributed by atoms with Gasteiger partial charge in [-0.3, -0.25) is 0 Å². The Balaban J connectivity index is 2.39. The van der Waals surface area contributed by atoms with Crippen LogP contribution in [0.5, 0.6) is 0 Å². The molecule has 0 fully saturated rings. The molecule has 0 spiro atoms. The maximum Gasteiger partial charge on any atom is 0.108 e. The van der Waals surface area contributed by atoms with Crippen molar-refractivity contribution in [3.63, 3.8) is 0 Å². The van der Waals surface area contributed by atoms with Crippen molar-refractivity contribution < 1.29 is 4.74 Å². The zero-order chi connectivity index (χ0) is 12.1. The van der Waals surface area contributed by atoms with Gasteiger partial charge in [-0.1, -0.05) is 54.6 Å². The normalized spacial score (nSPS) is 12.4. The van der Waals surface area contributed by atoms with Crippen molar-refractivity contribution in [1.29, 1.82) is 0 Å². The van der Waals surface area contributed by atoms with Crippen LogP contribution < -0.4 is 0 Å². The van der Waals surface area contributed by atoms with Crippen LogP contribution in [0.3, 0.4) is 0 Å². The molecule has 1 nitrogen and oxygen atoms in total. The van der Waals surface area contributed by atoms with Crippen LogP contribution in [0.2, 0.25) is 0 Å². The SMILES string of the molecule is CCOC(c1ccccc1)c1ccccc1C. The second kappa shape index (κ2) is 5.65. The predicted molar refractivity (Wildman–Crippen MR) is 71.1 cm³/mol. The van der Waals surface area contributed by atoms with Crippen molar-refractivity contribution >= 4 is 0 Å². The summed E-state index contributed by atoms with van der Waals surface area (Å²) in [5, 5.41) is 0. The third kappa shape index (κ3) is 2.75. The first kappa shape index (κ1) is 11.9. The lowest BCUT2D eigenvalue weighted by Crippen LogP contribution is -2.07. The molecule has 2 aromatic carbocycles. The molecule has 0 saturated carbocycles. The molecule has 0 bridgehead atoms. The average Bonchev–Trinajstić information content (AvgIpc) is 2.38. The minimum absolute atomic E-state index is 0.0439. The van der Waals surface area contributed by atoms with Crippen LogP contribution in [0, 0.1) is 6.92 Å². The molecule has 0 N–H and O–H groups in total. The number of aryl methyl sites for hydroxylation is 1. The lowest BCUT2D eigenvalue weighted by Gasteiger charge is -2.19. The summed E-state index contributed by atoms with van der Waals surface area (Å²) in [5.74, 6) is 0. The fourth-order valence-electron chi connectivity index (χ4n) is 2.04. The first-order valence-electron chi connectivity index (χ1n) is 6.05.